The van der Waals surface area contributed by atoms with Gasteiger partial charge in [0.25, 0.3) is 0 Å². The summed E-state index contributed by atoms with van der Waals surface area (Å²) in [7, 11) is 0. The monoisotopic (exact) mass is 296 g/mol. The van der Waals surface area contributed by atoms with Crippen molar-refractivity contribution >= 4 is 0 Å². The molecule has 0 aromatic heterocycles. The molecular formula is C16H22F2N2O. The van der Waals surface area contributed by atoms with E-state index in [1.54, 1.807) is 0 Å². The summed E-state index contributed by atoms with van der Waals surface area (Å²) < 4.78 is 27.6. The number of nitrogens with zero attached hydrogens (tertiary/aromatic N) is 1. The number of benzene rings is 1. The number of aromatic hydroxyl groups is 1. The van der Waals surface area contributed by atoms with Crippen molar-refractivity contribution in [3.05, 3.63) is 29.3 Å². The van der Waals surface area contributed by atoms with Crippen LogP contribution in [-0.4, -0.2) is 36.2 Å². The third-order valence-electron chi connectivity index (χ3n) is 4.76. The topological polar surface area (TPSA) is 35.5 Å². The molecule has 1 aromatic rings. The SMILES string of the molecule is Oc1cc(F)cc(F)c1[C@@H](C1CCCC1)N1CCNCC1. The van der Waals surface area contributed by atoms with Gasteiger partial charge in [0.1, 0.15) is 17.4 Å². The van der Waals surface area contributed by atoms with Crippen molar-refractivity contribution in [1.29, 1.82) is 0 Å². The Balaban J connectivity index is 1.97. The van der Waals surface area contributed by atoms with Gasteiger partial charge in [-0.2, -0.15) is 0 Å². The lowest BCUT2D eigenvalue weighted by Gasteiger charge is -2.39. The molecular weight excluding hydrogens is 274 g/mol. The molecule has 1 heterocycles. The number of piperazine rings is 1. The minimum Gasteiger partial charge on any atom is -0.507 e. The standard InChI is InChI=1S/C16H22F2N2O/c17-12-9-13(18)15(14(21)10-12)16(11-3-1-2-4-11)20-7-5-19-6-8-20/h9-11,16,19,21H,1-8H2/t16-/m1/s1. The van der Waals surface area contributed by atoms with Gasteiger partial charge in [-0.3, -0.25) is 4.90 Å². The van der Waals surface area contributed by atoms with Crippen LogP contribution in [0, 0.1) is 17.6 Å². The molecule has 0 spiro atoms. The molecule has 1 aliphatic heterocycles. The molecule has 2 fully saturated rings. The van der Waals surface area contributed by atoms with E-state index < -0.39 is 11.6 Å². The average molecular weight is 296 g/mol. The van der Waals surface area contributed by atoms with Gasteiger partial charge in [-0.15, -0.1) is 0 Å². The number of rotatable bonds is 3. The Labute approximate surface area is 124 Å². The lowest BCUT2D eigenvalue weighted by Crippen LogP contribution is -2.47. The maximum absolute atomic E-state index is 14.3. The van der Waals surface area contributed by atoms with E-state index in [9.17, 15) is 13.9 Å². The van der Waals surface area contributed by atoms with E-state index in [0.717, 1.165) is 64.0 Å². The second kappa shape index (κ2) is 6.28. The molecule has 1 saturated heterocycles. The third-order valence-corrected chi connectivity index (χ3v) is 4.76. The van der Waals surface area contributed by atoms with Crippen LogP contribution in [0.25, 0.3) is 0 Å². The summed E-state index contributed by atoms with van der Waals surface area (Å²) >= 11 is 0. The van der Waals surface area contributed by atoms with Gasteiger partial charge in [-0.1, -0.05) is 12.8 Å². The summed E-state index contributed by atoms with van der Waals surface area (Å²) in [6, 6.07) is 1.78. The summed E-state index contributed by atoms with van der Waals surface area (Å²) in [5, 5.41) is 13.4. The van der Waals surface area contributed by atoms with Gasteiger partial charge < -0.3 is 10.4 Å². The van der Waals surface area contributed by atoms with Crippen LogP contribution < -0.4 is 5.32 Å². The van der Waals surface area contributed by atoms with Crippen LogP contribution in [-0.2, 0) is 0 Å². The summed E-state index contributed by atoms with van der Waals surface area (Å²) in [6.45, 7) is 3.40. The van der Waals surface area contributed by atoms with Crippen molar-refractivity contribution in [3.63, 3.8) is 0 Å². The highest BCUT2D eigenvalue weighted by Gasteiger charge is 2.35. The van der Waals surface area contributed by atoms with Crippen molar-refractivity contribution in [2.24, 2.45) is 5.92 Å². The third kappa shape index (κ3) is 3.04. The van der Waals surface area contributed by atoms with Gasteiger partial charge in [-0.05, 0) is 18.8 Å². The molecule has 0 unspecified atom stereocenters. The van der Waals surface area contributed by atoms with E-state index in [0.29, 0.717) is 5.92 Å². The Morgan fingerprint density at radius 2 is 1.81 bits per heavy atom. The van der Waals surface area contributed by atoms with E-state index in [1.807, 2.05) is 0 Å². The maximum Gasteiger partial charge on any atom is 0.134 e. The number of hydrogen-bond acceptors (Lipinski definition) is 3. The predicted octanol–water partition coefficient (Wildman–Crippen LogP) is 2.81. The first-order chi connectivity index (χ1) is 10.2. The van der Waals surface area contributed by atoms with E-state index in [1.165, 1.54) is 0 Å². The van der Waals surface area contributed by atoms with E-state index in [2.05, 4.69) is 10.2 Å². The number of phenolic OH excluding ortho intramolecular Hbond substituents is 1. The molecule has 1 aliphatic carbocycles. The number of halogens is 2. The molecule has 116 valence electrons. The Hall–Kier alpha value is -1.20. The molecule has 21 heavy (non-hydrogen) atoms. The zero-order valence-corrected chi connectivity index (χ0v) is 12.1. The van der Waals surface area contributed by atoms with Crippen LogP contribution in [0.5, 0.6) is 5.75 Å². The zero-order valence-electron chi connectivity index (χ0n) is 12.1. The fourth-order valence-corrected chi connectivity index (χ4v) is 3.81. The lowest BCUT2D eigenvalue weighted by atomic mass is 9.88. The highest BCUT2D eigenvalue weighted by Crippen LogP contribution is 2.43. The Bertz CT molecular complexity index is 474. The number of phenols is 1. The van der Waals surface area contributed by atoms with Crippen LogP contribution in [0.4, 0.5) is 8.78 Å². The largest absolute Gasteiger partial charge is 0.507 e. The molecule has 0 amide bonds. The minimum absolute atomic E-state index is 0.143. The molecule has 3 rings (SSSR count). The molecule has 5 heteroatoms. The van der Waals surface area contributed by atoms with Crippen LogP contribution in [0.3, 0.4) is 0 Å². The molecule has 2 aliphatic rings. The van der Waals surface area contributed by atoms with Crippen LogP contribution >= 0.6 is 0 Å². The fraction of sp³-hybridized carbons (Fsp3) is 0.625. The van der Waals surface area contributed by atoms with E-state index in [-0.39, 0.29) is 17.4 Å². The normalized spacial score (nSPS) is 22.6. The van der Waals surface area contributed by atoms with E-state index >= 15 is 0 Å². The van der Waals surface area contributed by atoms with Crippen molar-refractivity contribution in [1.82, 2.24) is 10.2 Å². The minimum atomic E-state index is -0.723. The molecule has 0 bridgehead atoms. The highest BCUT2D eigenvalue weighted by molar-refractivity contribution is 5.37. The van der Waals surface area contributed by atoms with Gasteiger partial charge in [0.15, 0.2) is 0 Å². The number of nitrogens with one attached hydrogen (secondary N) is 1. The summed E-state index contributed by atoms with van der Waals surface area (Å²) in [5.41, 5.74) is 0.283. The second-order valence-electron chi connectivity index (χ2n) is 6.10. The molecule has 3 nitrogen and oxygen atoms in total. The quantitative estimate of drug-likeness (QED) is 0.900. The van der Waals surface area contributed by atoms with E-state index in [4.69, 9.17) is 0 Å². The predicted molar refractivity (Wildman–Crippen MR) is 77.2 cm³/mol. The molecule has 1 saturated carbocycles. The molecule has 0 radical (unpaired) electrons. The van der Waals surface area contributed by atoms with Crippen molar-refractivity contribution in [2.75, 3.05) is 26.2 Å². The van der Waals surface area contributed by atoms with Gasteiger partial charge in [0.05, 0.1) is 0 Å². The van der Waals surface area contributed by atoms with Crippen LogP contribution in [0.2, 0.25) is 0 Å². The second-order valence-corrected chi connectivity index (χ2v) is 6.10. The Morgan fingerprint density at radius 1 is 1.14 bits per heavy atom. The first kappa shape index (κ1) is 14.7. The first-order valence-electron chi connectivity index (χ1n) is 7.79. The van der Waals surface area contributed by atoms with Gasteiger partial charge in [0, 0.05) is 49.9 Å². The van der Waals surface area contributed by atoms with Crippen molar-refractivity contribution in [3.8, 4) is 5.75 Å². The average Bonchev–Trinajstić information content (AvgIpc) is 2.97. The highest BCUT2D eigenvalue weighted by atomic mass is 19.1. The van der Waals surface area contributed by atoms with Gasteiger partial charge in [0.2, 0.25) is 0 Å². The van der Waals surface area contributed by atoms with Crippen molar-refractivity contribution < 1.29 is 13.9 Å². The van der Waals surface area contributed by atoms with Crippen LogP contribution in [0.1, 0.15) is 37.3 Å². The number of hydrogen-bond donors (Lipinski definition) is 2. The van der Waals surface area contributed by atoms with Crippen LogP contribution in [0.15, 0.2) is 12.1 Å². The smallest absolute Gasteiger partial charge is 0.134 e. The molecule has 1 atom stereocenters. The maximum atomic E-state index is 14.3. The molecule has 1 aromatic carbocycles. The van der Waals surface area contributed by atoms with Gasteiger partial charge in [-0.25, -0.2) is 8.78 Å². The summed E-state index contributed by atoms with van der Waals surface area (Å²) in [5.74, 6) is -1.25. The zero-order chi connectivity index (χ0) is 14.8. The molecule has 2 N–H and O–H groups in total. The van der Waals surface area contributed by atoms with Crippen molar-refractivity contribution in [2.45, 2.75) is 31.7 Å². The summed E-state index contributed by atoms with van der Waals surface area (Å²) in [4.78, 5) is 2.24. The first-order valence-corrected chi connectivity index (χ1v) is 7.79. The lowest BCUT2D eigenvalue weighted by molar-refractivity contribution is 0.120. The Morgan fingerprint density at radius 3 is 2.43 bits per heavy atom. The summed E-state index contributed by atoms with van der Waals surface area (Å²) in [6.07, 6.45) is 4.39. The fourth-order valence-electron chi connectivity index (χ4n) is 3.81. The van der Waals surface area contributed by atoms with Gasteiger partial charge >= 0.3 is 0 Å². The Kier molecular flexibility index (Phi) is 4.40.